The van der Waals surface area contributed by atoms with Gasteiger partial charge in [0.05, 0.1) is 7.14 Å². The van der Waals surface area contributed by atoms with Gasteiger partial charge in [0.2, 0.25) is 0 Å². The minimum absolute atomic E-state index is 0.0489. The topological polar surface area (TPSA) is 35.2 Å². The van der Waals surface area contributed by atoms with Crippen LogP contribution in [0.25, 0.3) is 0 Å². The number of benzene rings is 2. The van der Waals surface area contributed by atoms with E-state index in [1.807, 2.05) is 12.1 Å². The van der Waals surface area contributed by atoms with Crippen LogP contribution in [0, 0.1) is 16.5 Å². The van der Waals surface area contributed by atoms with Gasteiger partial charge in [-0.3, -0.25) is 0 Å². The van der Waals surface area contributed by atoms with Crippen molar-refractivity contribution in [3.05, 3.63) is 58.0 Å². The van der Waals surface area contributed by atoms with Crippen molar-refractivity contribution in [3.8, 4) is 5.75 Å². The standard InChI is InChI=1S/C14H9FI3NOS/c15-10-2-1-7(3-9(10)14(19)21)6-20-13-11(17)4-8(16)5-12(13)18/h1-5H,6H2,(H2,19,21). The second-order valence-electron chi connectivity index (χ2n) is 4.17. The van der Waals surface area contributed by atoms with Crippen LogP contribution in [0.5, 0.6) is 5.75 Å². The highest BCUT2D eigenvalue weighted by atomic mass is 127. The first-order chi connectivity index (χ1) is 9.88. The molecule has 0 unspecified atom stereocenters. The first-order valence-electron chi connectivity index (χ1n) is 5.74. The number of thiocarbonyl (C=S) groups is 1. The molecule has 110 valence electrons. The van der Waals surface area contributed by atoms with Crippen LogP contribution in [0.4, 0.5) is 4.39 Å². The number of nitrogens with two attached hydrogens (primary N) is 1. The number of hydrogen-bond acceptors (Lipinski definition) is 2. The second-order valence-corrected chi connectivity index (χ2v) is 8.18. The third-order valence-corrected chi connectivity index (χ3v) is 5.09. The second kappa shape index (κ2) is 7.68. The minimum Gasteiger partial charge on any atom is -0.487 e. The Hall–Kier alpha value is 0.250. The van der Waals surface area contributed by atoms with Gasteiger partial charge in [-0.15, -0.1) is 0 Å². The molecule has 0 bridgehead atoms. The van der Waals surface area contributed by atoms with E-state index in [1.165, 1.54) is 6.07 Å². The maximum atomic E-state index is 13.5. The zero-order valence-electron chi connectivity index (χ0n) is 10.5. The Kier molecular flexibility index (Phi) is 6.44. The van der Waals surface area contributed by atoms with Crippen LogP contribution in [-0.4, -0.2) is 4.99 Å². The van der Waals surface area contributed by atoms with E-state index in [0.29, 0.717) is 6.61 Å². The van der Waals surface area contributed by atoms with Gasteiger partial charge in [-0.2, -0.15) is 0 Å². The highest BCUT2D eigenvalue weighted by Gasteiger charge is 2.10. The average Bonchev–Trinajstić information content (AvgIpc) is 2.38. The molecule has 0 spiro atoms. The molecular weight excluding hydrogens is 630 g/mol. The van der Waals surface area contributed by atoms with E-state index in [2.05, 4.69) is 67.8 Å². The Morgan fingerprint density at radius 1 is 1.14 bits per heavy atom. The maximum Gasteiger partial charge on any atom is 0.146 e. The molecule has 7 heteroatoms. The Morgan fingerprint density at radius 3 is 2.33 bits per heavy atom. The van der Waals surface area contributed by atoms with Gasteiger partial charge in [-0.05, 0) is 97.6 Å². The molecule has 0 fully saturated rings. The zero-order valence-corrected chi connectivity index (χ0v) is 17.8. The van der Waals surface area contributed by atoms with Crippen molar-refractivity contribution < 1.29 is 9.13 Å². The summed E-state index contributed by atoms with van der Waals surface area (Å²) < 4.78 is 22.6. The largest absolute Gasteiger partial charge is 0.487 e. The van der Waals surface area contributed by atoms with Gasteiger partial charge in [-0.1, -0.05) is 18.3 Å². The fourth-order valence-electron chi connectivity index (χ4n) is 1.67. The van der Waals surface area contributed by atoms with Gasteiger partial charge in [0.25, 0.3) is 0 Å². The van der Waals surface area contributed by atoms with E-state index in [9.17, 15) is 4.39 Å². The fraction of sp³-hybridized carbons (Fsp3) is 0.0714. The number of rotatable bonds is 4. The highest BCUT2D eigenvalue weighted by Crippen LogP contribution is 2.30. The van der Waals surface area contributed by atoms with Crippen molar-refractivity contribution in [2.75, 3.05) is 0 Å². The summed E-state index contributed by atoms with van der Waals surface area (Å²) in [4.78, 5) is 0.0489. The Morgan fingerprint density at radius 2 is 1.76 bits per heavy atom. The Labute approximate surface area is 168 Å². The summed E-state index contributed by atoms with van der Waals surface area (Å²) in [5.41, 5.74) is 6.57. The summed E-state index contributed by atoms with van der Waals surface area (Å²) in [5.74, 6) is 0.419. The van der Waals surface area contributed by atoms with Crippen molar-refractivity contribution in [2.45, 2.75) is 6.61 Å². The van der Waals surface area contributed by atoms with E-state index in [-0.39, 0.29) is 10.6 Å². The normalized spacial score (nSPS) is 10.5. The van der Waals surface area contributed by atoms with Crippen LogP contribution in [0.1, 0.15) is 11.1 Å². The Balaban J connectivity index is 2.21. The lowest BCUT2D eigenvalue weighted by atomic mass is 10.1. The molecule has 2 aromatic carbocycles. The molecule has 0 radical (unpaired) electrons. The molecule has 2 aromatic rings. The fourth-order valence-corrected chi connectivity index (χ4v) is 5.72. The molecule has 0 amide bonds. The molecule has 0 heterocycles. The molecule has 0 aliphatic rings. The first kappa shape index (κ1) is 17.6. The molecule has 0 aliphatic heterocycles. The van der Waals surface area contributed by atoms with Crippen molar-refractivity contribution in [1.29, 1.82) is 0 Å². The van der Waals surface area contributed by atoms with Crippen LogP contribution in [0.3, 0.4) is 0 Å². The third-order valence-electron chi connectivity index (χ3n) is 2.64. The van der Waals surface area contributed by atoms with Gasteiger partial charge in [0.1, 0.15) is 23.2 Å². The Bertz CT molecular complexity index is 686. The monoisotopic (exact) mass is 639 g/mol. The summed E-state index contributed by atoms with van der Waals surface area (Å²) in [5, 5.41) is 0. The molecule has 2 rings (SSSR count). The van der Waals surface area contributed by atoms with Crippen molar-refractivity contribution >= 4 is 85.0 Å². The predicted octanol–water partition coefficient (Wildman–Crippen LogP) is 4.85. The van der Waals surface area contributed by atoms with E-state index >= 15 is 0 Å². The van der Waals surface area contributed by atoms with Crippen molar-refractivity contribution in [3.63, 3.8) is 0 Å². The van der Waals surface area contributed by atoms with Crippen LogP contribution in [0.2, 0.25) is 0 Å². The van der Waals surface area contributed by atoms with Gasteiger partial charge in [-0.25, -0.2) is 4.39 Å². The summed E-state index contributed by atoms with van der Waals surface area (Å²) in [6.45, 7) is 0.336. The van der Waals surface area contributed by atoms with Crippen LogP contribution in [-0.2, 0) is 6.61 Å². The molecule has 2 nitrogen and oxygen atoms in total. The molecule has 0 aromatic heterocycles. The highest BCUT2D eigenvalue weighted by molar-refractivity contribution is 14.1. The smallest absolute Gasteiger partial charge is 0.146 e. The lowest BCUT2D eigenvalue weighted by molar-refractivity contribution is 0.301. The first-order valence-corrected chi connectivity index (χ1v) is 9.38. The van der Waals surface area contributed by atoms with E-state index in [4.69, 9.17) is 22.7 Å². The molecule has 0 saturated heterocycles. The predicted molar refractivity (Wildman–Crippen MR) is 111 cm³/mol. The summed E-state index contributed by atoms with van der Waals surface area (Å²) in [6, 6.07) is 8.75. The van der Waals surface area contributed by atoms with Crippen molar-refractivity contribution in [2.24, 2.45) is 5.73 Å². The minimum atomic E-state index is -0.412. The molecular formula is C14H9FI3NOS. The number of halogens is 4. The summed E-state index contributed by atoms with van der Waals surface area (Å²) in [7, 11) is 0. The van der Waals surface area contributed by atoms with Gasteiger partial charge < -0.3 is 10.5 Å². The third kappa shape index (κ3) is 4.61. The van der Waals surface area contributed by atoms with Crippen LogP contribution < -0.4 is 10.5 Å². The molecule has 21 heavy (non-hydrogen) atoms. The van der Waals surface area contributed by atoms with Gasteiger partial charge in [0.15, 0.2) is 0 Å². The van der Waals surface area contributed by atoms with Crippen LogP contribution in [0.15, 0.2) is 30.3 Å². The van der Waals surface area contributed by atoms with Gasteiger partial charge in [0, 0.05) is 9.13 Å². The van der Waals surface area contributed by atoms with E-state index < -0.39 is 5.82 Å². The molecule has 0 atom stereocenters. The van der Waals surface area contributed by atoms with Crippen LogP contribution >= 0.6 is 80.0 Å². The number of hydrogen-bond donors (Lipinski definition) is 1. The van der Waals surface area contributed by atoms with E-state index in [1.54, 1.807) is 12.1 Å². The summed E-state index contributed by atoms with van der Waals surface area (Å²) in [6.07, 6.45) is 0. The SMILES string of the molecule is NC(=S)c1cc(COc2c(I)cc(I)cc2I)ccc1F. The zero-order chi connectivity index (χ0) is 15.6. The lowest BCUT2D eigenvalue weighted by Gasteiger charge is -2.12. The quantitative estimate of drug-likeness (QED) is 0.384. The molecule has 0 saturated carbocycles. The summed E-state index contributed by atoms with van der Waals surface area (Å²) >= 11 is 11.6. The average molecular weight is 639 g/mol. The molecule has 0 aliphatic carbocycles. The lowest BCUT2D eigenvalue weighted by Crippen LogP contribution is -2.12. The van der Waals surface area contributed by atoms with E-state index in [0.717, 1.165) is 22.0 Å². The number of ether oxygens (including phenoxy) is 1. The van der Waals surface area contributed by atoms with Gasteiger partial charge >= 0.3 is 0 Å². The van der Waals surface area contributed by atoms with Crippen molar-refractivity contribution in [1.82, 2.24) is 0 Å². The molecule has 2 N–H and O–H groups in total. The maximum absolute atomic E-state index is 13.5.